The quantitative estimate of drug-likeness (QED) is 0.245. The molecule has 0 heterocycles. The Hall–Kier alpha value is -1.00. The molecule has 0 aliphatic heterocycles. The van der Waals surface area contributed by atoms with Crippen molar-refractivity contribution in [2.24, 2.45) is 0 Å². The van der Waals surface area contributed by atoms with E-state index in [1.807, 2.05) is 32.8 Å². The maximum absolute atomic E-state index is 10.6. The molecule has 1 N–H and O–H groups in total. The summed E-state index contributed by atoms with van der Waals surface area (Å²) >= 11 is 0. The van der Waals surface area contributed by atoms with Crippen molar-refractivity contribution in [1.82, 2.24) is 4.90 Å². The van der Waals surface area contributed by atoms with Crippen molar-refractivity contribution < 1.29 is 32.1 Å². The van der Waals surface area contributed by atoms with Gasteiger partial charge in [-0.05, 0) is 40.8 Å². The van der Waals surface area contributed by atoms with Crippen LogP contribution >= 0.6 is 0 Å². The number of aliphatic carboxylic acids is 1. The Balaban J connectivity index is 0. The van der Waals surface area contributed by atoms with Gasteiger partial charge >= 0.3 is 0 Å². The maximum atomic E-state index is 10.6. The molecule has 0 aliphatic carbocycles. The minimum absolute atomic E-state index is 0.0672. The van der Waals surface area contributed by atoms with E-state index in [1.165, 1.54) is 0 Å². The molecule has 0 rings (SSSR count). The number of nitrogens with zero attached hydrogens (tertiary/aromatic N) is 2. The maximum Gasteiger partial charge on any atom is 0.264 e. The third-order valence-electron chi connectivity index (χ3n) is 3.11. The summed E-state index contributed by atoms with van der Waals surface area (Å²) in [6.07, 6.45) is 0.640. The summed E-state index contributed by atoms with van der Waals surface area (Å²) in [5.41, 5.74) is 0.856. The largest absolute Gasteiger partial charge is 0.544 e. The zero-order valence-electron chi connectivity index (χ0n) is 16.5. The minimum atomic E-state index is -3.89. The average molecular weight is 383 g/mol. The molecule has 0 aromatic rings. The lowest BCUT2D eigenvalue weighted by Gasteiger charge is -2.26. The molecule has 2 atom stereocenters. The van der Waals surface area contributed by atoms with Crippen molar-refractivity contribution >= 4 is 16.1 Å². The van der Waals surface area contributed by atoms with E-state index < -0.39 is 16.1 Å². The molecule has 0 aromatic heterocycles. The highest BCUT2D eigenvalue weighted by atomic mass is 32.2. The van der Waals surface area contributed by atoms with Crippen molar-refractivity contribution in [2.75, 3.05) is 47.5 Å². The van der Waals surface area contributed by atoms with Gasteiger partial charge in [-0.25, -0.2) is 0 Å². The number of quaternary nitrogens is 1. The predicted octanol–water partition coefficient (Wildman–Crippen LogP) is -0.0342. The van der Waals surface area contributed by atoms with E-state index in [1.54, 1.807) is 21.1 Å². The second-order valence-corrected chi connectivity index (χ2v) is 8.85. The van der Waals surface area contributed by atoms with E-state index in [-0.39, 0.29) is 24.6 Å². The summed E-state index contributed by atoms with van der Waals surface area (Å²) in [6.45, 7) is 7.66. The number of ether oxygens (including phenoxy) is 1. The molecule has 150 valence electrons. The van der Waals surface area contributed by atoms with E-state index in [0.717, 1.165) is 5.57 Å². The van der Waals surface area contributed by atoms with Crippen LogP contribution in [0.25, 0.3) is 0 Å². The Bertz CT molecular complexity index is 511. The van der Waals surface area contributed by atoms with Gasteiger partial charge in [-0.2, -0.15) is 8.42 Å². The van der Waals surface area contributed by atoms with Gasteiger partial charge in [-0.3, -0.25) is 9.45 Å². The molecule has 0 fully saturated rings. The van der Waals surface area contributed by atoms with E-state index >= 15 is 0 Å². The fraction of sp³-hybridized carbons (Fsp3) is 0.812. The topological polar surface area (TPSA) is 107 Å². The summed E-state index contributed by atoms with van der Waals surface area (Å²) < 4.78 is 36.0. The highest BCUT2D eigenvalue weighted by Gasteiger charge is 2.16. The van der Waals surface area contributed by atoms with Crippen LogP contribution in [0.5, 0.6) is 0 Å². The van der Waals surface area contributed by atoms with Gasteiger partial charge in [0.15, 0.2) is 0 Å². The SMILES string of the molecule is C=C(C)C(CCCS(=O)(=O)O)OC(C)N(C)C.C[N+](C)(C)CC(=O)[O-]. The van der Waals surface area contributed by atoms with E-state index in [0.29, 0.717) is 17.3 Å². The molecule has 0 aromatic carbocycles. The van der Waals surface area contributed by atoms with Gasteiger partial charge in [0, 0.05) is 0 Å². The van der Waals surface area contributed by atoms with Crippen LogP contribution in [0.2, 0.25) is 0 Å². The first kappa shape index (κ1) is 26.2. The highest BCUT2D eigenvalue weighted by Crippen LogP contribution is 2.14. The number of carboxylic acid groups (broad SMARTS) is 1. The second-order valence-electron chi connectivity index (χ2n) is 7.28. The van der Waals surface area contributed by atoms with Crippen molar-refractivity contribution in [2.45, 2.75) is 39.0 Å². The molecular weight excluding hydrogens is 348 g/mol. The molecule has 9 heteroatoms. The fourth-order valence-corrected chi connectivity index (χ4v) is 2.16. The lowest BCUT2D eigenvalue weighted by atomic mass is 10.1. The first-order valence-electron chi connectivity index (χ1n) is 7.98. The number of hydrogen-bond acceptors (Lipinski definition) is 6. The Kier molecular flexibility index (Phi) is 12.2. The predicted molar refractivity (Wildman–Crippen MR) is 96.4 cm³/mol. The Morgan fingerprint density at radius 3 is 2.04 bits per heavy atom. The van der Waals surface area contributed by atoms with Crippen LogP contribution in [0.4, 0.5) is 0 Å². The van der Waals surface area contributed by atoms with Crippen LogP contribution in [-0.2, 0) is 19.6 Å². The van der Waals surface area contributed by atoms with Gasteiger partial charge in [-0.1, -0.05) is 12.2 Å². The van der Waals surface area contributed by atoms with Gasteiger partial charge < -0.3 is 19.1 Å². The number of rotatable bonds is 10. The lowest BCUT2D eigenvalue weighted by molar-refractivity contribution is -0.864. The summed E-state index contributed by atoms with van der Waals surface area (Å²) in [4.78, 5) is 11.8. The third kappa shape index (κ3) is 19.2. The molecular formula is C16H34N2O6S. The standard InChI is InChI=1S/C11H23NO4S.C5H11NO2/c1-9(2)11(16-10(3)12(4)5)7-6-8-17(13,14)15;1-6(2,3)4-5(7)8/h10-11H,1,6-8H2,2-5H3,(H,13,14,15);4H2,1-3H3. The number of hydrogen-bond donors (Lipinski definition) is 1. The normalized spacial score (nSPS) is 14.4. The Labute approximate surface area is 152 Å². The van der Waals surface area contributed by atoms with E-state index in [4.69, 9.17) is 9.29 Å². The molecule has 0 aliphatic rings. The van der Waals surface area contributed by atoms with Gasteiger partial charge in [0.05, 0.1) is 39.0 Å². The van der Waals surface area contributed by atoms with Crippen LogP contribution in [-0.4, -0.2) is 88.2 Å². The molecule has 0 spiro atoms. The second kappa shape index (κ2) is 11.6. The Morgan fingerprint density at radius 1 is 1.32 bits per heavy atom. The van der Waals surface area contributed by atoms with Crippen LogP contribution in [0.3, 0.4) is 0 Å². The zero-order chi connectivity index (χ0) is 20.4. The van der Waals surface area contributed by atoms with Crippen LogP contribution in [0.1, 0.15) is 26.7 Å². The third-order valence-corrected chi connectivity index (χ3v) is 3.91. The number of likely N-dealkylation sites (N-methyl/N-ethyl adjacent to an activating group) is 1. The van der Waals surface area contributed by atoms with Gasteiger partial charge in [0.25, 0.3) is 10.1 Å². The molecule has 0 saturated heterocycles. The molecule has 25 heavy (non-hydrogen) atoms. The van der Waals surface area contributed by atoms with Crippen LogP contribution in [0, 0.1) is 0 Å². The van der Waals surface area contributed by atoms with Crippen molar-refractivity contribution in [3.05, 3.63) is 12.2 Å². The lowest BCUT2D eigenvalue weighted by Crippen LogP contribution is -2.45. The van der Waals surface area contributed by atoms with Crippen LogP contribution < -0.4 is 5.11 Å². The molecule has 0 saturated carbocycles. The first-order chi connectivity index (χ1) is 11.0. The molecule has 0 amide bonds. The van der Waals surface area contributed by atoms with E-state index in [2.05, 4.69) is 6.58 Å². The van der Waals surface area contributed by atoms with Crippen molar-refractivity contribution in [3.63, 3.8) is 0 Å². The van der Waals surface area contributed by atoms with Crippen molar-refractivity contribution in [1.29, 1.82) is 0 Å². The smallest absolute Gasteiger partial charge is 0.264 e. The first-order valence-corrected chi connectivity index (χ1v) is 9.59. The molecule has 0 bridgehead atoms. The number of carboxylic acids is 1. The van der Waals surface area contributed by atoms with Crippen molar-refractivity contribution in [3.8, 4) is 0 Å². The molecule has 2 unspecified atom stereocenters. The van der Waals surface area contributed by atoms with Gasteiger partial charge in [-0.15, -0.1) is 0 Å². The summed E-state index contributed by atoms with van der Waals surface area (Å²) in [5.74, 6) is -1.24. The Morgan fingerprint density at radius 2 is 1.80 bits per heavy atom. The summed E-state index contributed by atoms with van der Waals surface area (Å²) in [6, 6.07) is 0. The number of carbonyl (C=O) groups excluding carboxylic acids is 1. The van der Waals surface area contributed by atoms with Gasteiger partial charge in [0.1, 0.15) is 12.8 Å². The summed E-state index contributed by atoms with van der Waals surface area (Å²) in [7, 11) is 5.32. The van der Waals surface area contributed by atoms with Crippen LogP contribution in [0.15, 0.2) is 12.2 Å². The monoisotopic (exact) mass is 382 g/mol. The van der Waals surface area contributed by atoms with Gasteiger partial charge in [0.2, 0.25) is 0 Å². The molecule has 8 nitrogen and oxygen atoms in total. The highest BCUT2D eigenvalue weighted by molar-refractivity contribution is 7.85. The number of carbonyl (C=O) groups is 1. The average Bonchev–Trinajstić information content (AvgIpc) is 2.33. The summed E-state index contributed by atoms with van der Waals surface area (Å²) in [5, 5.41) is 9.89. The fourth-order valence-electron chi connectivity index (χ4n) is 1.63. The zero-order valence-corrected chi connectivity index (χ0v) is 17.3. The molecule has 0 radical (unpaired) electrons. The van der Waals surface area contributed by atoms with E-state index in [9.17, 15) is 18.3 Å². The minimum Gasteiger partial charge on any atom is -0.544 e.